The molecular weight excluding hydrogens is 433 g/mol. The fraction of sp³-hybridized carbons (Fsp3) is 0.375. The van der Waals surface area contributed by atoms with Crippen molar-refractivity contribution < 1.29 is 22.8 Å². The van der Waals surface area contributed by atoms with Gasteiger partial charge in [0.25, 0.3) is 0 Å². The van der Waals surface area contributed by atoms with Crippen molar-refractivity contribution in [2.75, 3.05) is 11.9 Å². The summed E-state index contributed by atoms with van der Waals surface area (Å²) < 4.78 is 38.1. The number of fused-ring (bicyclic) bond motifs is 1. The predicted octanol–water partition coefficient (Wildman–Crippen LogP) is 4.71. The summed E-state index contributed by atoms with van der Waals surface area (Å²) in [5, 5.41) is 2.64. The van der Waals surface area contributed by atoms with Crippen LogP contribution >= 0.6 is 0 Å². The van der Waals surface area contributed by atoms with Crippen molar-refractivity contribution in [2.24, 2.45) is 5.92 Å². The average molecular weight is 456 g/mol. The van der Waals surface area contributed by atoms with E-state index in [9.17, 15) is 22.8 Å². The monoisotopic (exact) mass is 456 g/mol. The molecule has 172 valence electrons. The largest absolute Gasteiger partial charge is 0.416 e. The van der Waals surface area contributed by atoms with Crippen LogP contribution in [0.15, 0.2) is 48.5 Å². The maximum absolute atomic E-state index is 13.1. The van der Waals surface area contributed by atoms with E-state index in [1.54, 1.807) is 4.90 Å². The standard InChI is InChI=1S/C24H23F3N4O2/c25-24(26,27)14-7-9-15(10-8-14)28-21(32)12-16-4-3-11-31(16)23(33)18-13-17(18)22-29-19-5-1-2-6-20(19)30-22/h1-2,5-10,16-18H,3-4,11-13H2,(H,28,32)(H,29,30)/t16-,17-,18-/m0/s1. The fourth-order valence-electron chi connectivity index (χ4n) is 4.64. The van der Waals surface area contributed by atoms with Crippen molar-refractivity contribution >= 4 is 28.5 Å². The number of nitrogens with one attached hydrogen (secondary N) is 2. The number of para-hydroxylation sites is 2. The number of aromatic amines is 1. The minimum Gasteiger partial charge on any atom is -0.342 e. The second kappa shape index (κ2) is 8.20. The highest BCUT2D eigenvalue weighted by Crippen LogP contribution is 2.48. The van der Waals surface area contributed by atoms with E-state index in [4.69, 9.17) is 0 Å². The summed E-state index contributed by atoms with van der Waals surface area (Å²) in [5.74, 6) is 0.482. The van der Waals surface area contributed by atoms with Crippen molar-refractivity contribution in [1.82, 2.24) is 14.9 Å². The Hall–Kier alpha value is -3.36. The van der Waals surface area contributed by atoms with E-state index in [0.717, 1.165) is 48.3 Å². The molecule has 5 rings (SSSR count). The first kappa shape index (κ1) is 21.5. The van der Waals surface area contributed by atoms with Crippen LogP contribution in [0.5, 0.6) is 0 Å². The number of benzene rings is 2. The Labute approximate surface area is 188 Å². The molecule has 1 saturated carbocycles. The van der Waals surface area contributed by atoms with Crippen LogP contribution in [0.3, 0.4) is 0 Å². The van der Waals surface area contributed by atoms with Gasteiger partial charge in [-0.1, -0.05) is 12.1 Å². The van der Waals surface area contributed by atoms with E-state index in [0.29, 0.717) is 12.2 Å². The zero-order valence-electron chi connectivity index (χ0n) is 17.7. The molecule has 3 aromatic rings. The molecule has 2 aromatic carbocycles. The average Bonchev–Trinajstić information content (AvgIpc) is 3.24. The Morgan fingerprint density at radius 2 is 1.88 bits per heavy atom. The summed E-state index contributed by atoms with van der Waals surface area (Å²) in [6, 6.07) is 11.9. The van der Waals surface area contributed by atoms with E-state index in [1.807, 2.05) is 24.3 Å². The molecular formula is C24H23F3N4O2. The second-order valence-electron chi connectivity index (χ2n) is 8.74. The fourth-order valence-corrected chi connectivity index (χ4v) is 4.64. The highest BCUT2D eigenvalue weighted by Gasteiger charge is 2.49. The Kier molecular flexibility index (Phi) is 5.34. The van der Waals surface area contributed by atoms with E-state index >= 15 is 0 Å². The summed E-state index contributed by atoms with van der Waals surface area (Å²) in [5.41, 5.74) is 1.36. The van der Waals surface area contributed by atoms with Gasteiger partial charge in [0.1, 0.15) is 5.82 Å². The molecule has 2 N–H and O–H groups in total. The van der Waals surface area contributed by atoms with Crippen molar-refractivity contribution in [3.8, 4) is 0 Å². The van der Waals surface area contributed by atoms with Gasteiger partial charge in [0.2, 0.25) is 11.8 Å². The lowest BCUT2D eigenvalue weighted by atomic mass is 10.1. The number of likely N-dealkylation sites (tertiary alicyclic amines) is 1. The first-order valence-corrected chi connectivity index (χ1v) is 11.0. The van der Waals surface area contributed by atoms with Gasteiger partial charge in [-0.3, -0.25) is 9.59 Å². The molecule has 9 heteroatoms. The van der Waals surface area contributed by atoms with Crippen LogP contribution in [0, 0.1) is 5.92 Å². The van der Waals surface area contributed by atoms with Gasteiger partial charge >= 0.3 is 6.18 Å². The molecule has 0 radical (unpaired) electrons. The molecule has 2 amide bonds. The third kappa shape index (κ3) is 4.44. The highest BCUT2D eigenvalue weighted by atomic mass is 19.4. The number of aromatic nitrogens is 2. The molecule has 0 spiro atoms. The molecule has 6 nitrogen and oxygen atoms in total. The Morgan fingerprint density at radius 3 is 2.61 bits per heavy atom. The van der Waals surface area contributed by atoms with Gasteiger partial charge in [-0.05, 0) is 55.7 Å². The molecule has 1 aliphatic heterocycles. The number of anilines is 1. The number of hydrogen-bond acceptors (Lipinski definition) is 3. The molecule has 3 atom stereocenters. The first-order chi connectivity index (χ1) is 15.8. The van der Waals surface area contributed by atoms with Gasteiger partial charge in [-0.25, -0.2) is 4.98 Å². The number of imidazole rings is 1. The number of nitrogens with zero attached hydrogens (tertiary/aromatic N) is 2. The van der Waals surface area contributed by atoms with Crippen molar-refractivity contribution in [1.29, 1.82) is 0 Å². The summed E-state index contributed by atoms with van der Waals surface area (Å²) in [6.45, 7) is 0.612. The van der Waals surface area contributed by atoms with E-state index in [1.165, 1.54) is 12.1 Å². The lowest BCUT2D eigenvalue weighted by Crippen LogP contribution is -2.39. The zero-order valence-corrected chi connectivity index (χ0v) is 17.7. The topological polar surface area (TPSA) is 78.1 Å². The lowest BCUT2D eigenvalue weighted by Gasteiger charge is -2.24. The molecule has 1 aromatic heterocycles. The van der Waals surface area contributed by atoms with Crippen molar-refractivity contribution in [2.45, 2.75) is 43.8 Å². The van der Waals surface area contributed by atoms with Gasteiger partial charge in [-0.15, -0.1) is 0 Å². The van der Waals surface area contributed by atoms with Gasteiger partial charge in [-0.2, -0.15) is 13.2 Å². The quantitative estimate of drug-likeness (QED) is 0.584. The number of carbonyl (C=O) groups excluding carboxylic acids is 2. The van der Waals surface area contributed by atoms with Gasteiger partial charge < -0.3 is 15.2 Å². The second-order valence-corrected chi connectivity index (χ2v) is 8.74. The molecule has 2 heterocycles. The van der Waals surface area contributed by atoms with E-state index in [2.05, 4.69) is 15.3 Å². The minimum absolute atomic E-state index is 0.0466. The number of halogens is 3. The number of H-pyrrole nitrogens is 1. The number of carbonyl (C=O) groups is 2. The molecule has 0 bridgehead atoms. The molecule has 1 saturated heterocycles. The van der Waals surface area contributed by atoms with Crippen LogP contribution in [0.2, 0.25) is 0 Å². The SMILES string of the molecule is O=C(C[C@@H]1CCCN1C(=O)[C@H]1C[C@@H]1c1nc2ccccc2[nH]1)Nc1ccc(C(F)(F)F)cc1. The van der Waals surface area contributed by atoms with Gasteiger partial charge in [0.05, 0.1) is 16.6 Å². The molecule has 2 aliphatic rings. The van der Waals surface area contributed by atoms with E-state index < -0.39 is 11.7 Å². The Balaban J connectivity index is 1.19. The third-order valence-electron chi connectivity index (χ3n) is 6.44. The Bertz CT molecular complexity index is 1160. The van der Waals surface area contributed by atoms with Crippen LogP contribution in [-0.4, -0.2) is 39.3 Å². The number of rotatable bonds is 5. The number of amides is 2. The summed E-state index contributed by atoms with van der Waals surface area (Å²) in [4.78, 5) is 35.3. The van der Waals surface area contributed by atoms with Gasteiger partial charge in [0, 0.05) is 36.5 Å². The molecule has 0 unspecified atom stereocenters. The number of hydrogen-bond donors (Lipinski definition) is 2. The van der Waals surface area contributed by atoms with Crippen LogP contribution < -0.4 is 5.32 Å². The number of alkyl halides is 3. The normalized spacial score (nSPS) is 22.5. The summed E-state index contributed by atoms with van der Waals surface area (Å²) >= 11 is 0. The minimum atomic E-state index is -4.42. The van der Waals surface area contributed by atoms with E-state index in [-0.39, 0.29) is 36.1 Å². The van der Waals surface area contributed by atoms with Crippen molar-refractivity contribution in [3.63, 3.8) is 0 Å². The predicted molar refractivity (Wildman–Crippen MR) is 116 cm³/mol. The molecule has 1 aliphatic carbocycles. The molecule has 2 fully saturated rings. The van der Waals surface area contributed by atoms with Crippen LogP contribution in [-0.2, 0) is 15.8 Å². The smallest absolute Gasteiger partial charge is 0.342 e. The first-order valence-electron chi connectivity index (χ1n) is 11.0. The summed E-state index contributed by atoms with van der Waals surface area (Å²) in [6.07, 6.45) is -2.01. The maximum atomic E-state index is 13.1. The highest BCUT2D eigenvalue weighted by molar-refractivity contribution is 5.92. The third-order valence-corrected chi connectivity index (χ3v) is 6.44. The van der Waals surface area contributed by atoms with Crippen LogP contribution in [0.4, 0.5) is 18.9 Å². The van der Waals surface area contributed by atoms with Crippen LogP contribution in [0.25, 0.3) is 11.0 Å². The molecule has 33 heavy (non-hydrogen) atoms. The van der Waals surface area contributed by atoms with Gasteiger partial charge in [0.15, 0.2) is 0 Å². The Morgan fingerprint density at radius 1 is 1.12 bits per heavy atom. The zero-order chi connectivity index (χ0) is 23.2. The summed E-state index contributed by atoms with van der Waals surface area (Å²) in [7, 11) is 0. The maximum Gasteiger partial charge on any atom is 0.416 e. The van der Waals surface area contributed by atoms with Crippen molar-refractivity contribution in [3.05, 3.63) is 59.9 Å². The van der Waals surface area contributed by atoms with Crippen LogP contribution in [0.1, 0.15) is 43.0 Å². The lowest BCUT2D eigenvalue weighted by molar-refractivity contribution is -0.137.